The Morgan fingerprint density at radius 3 is 2.69 bits per heavy atom. The largest absolute Gasteiger partial charge is 0.544 e. The van der Waals surface area contributed by atoms with Crippen molar-refractivity contribution in [3.05, 3.63) is 34.3 Å². The minimum Gasteiger partial charge on any atom is -0.544 e. The number of aliphatic carboxylic acids is 1. The first-order valence-electron chi connectivity index (χ1n) is 5.44. The number of nitrogens with two attached hydrogens (primary N) is 1. The van der Waals surface area contributed by atoms with Gasteiger partial charge >= 0.3 is 0 Å². The van der Waals surface area contributed by atoms with Gasteiger partial charge in [0, 0.05) is 16.8 Å². The second kappa shape index (κ2) is 4.97. The number of quaternary nitrogens is 1. The molecule has 1 aliphatic heterocycles. The molecule has 0 aromatic heterocycles. The van der Waals surface area contributed by atoms with Crippen LogP contribution in [0.15, 0.2) is 28.7 Å². The SMILES string of the molecule is O=C([O-])[C@@H]1C[C@H](Cc2ccc(Br)cc2)C[NH2+]1. The van der Waals surface area contributed by atoms with Crippen LogP contribution in [-0.2, 0) is 11.2 Å². The van der Waals surface area contributed by atoms with Gasteiger partial charge in [0.15, 0.2) is 0 Å². The van der Waals surface area contributed by atoms with Gasteiger partial charge in [-0.15, -0.1) is 0 Å². The Kier molecular flexibility index (Phi) is 3.61. The van der Waals surface area contributed by atoms with Crippen LogP contribution in [0.25, 0.3) is 0 Å². The summed E-state index contributed by atoms with van der Waals surface area (Å²) in [4.78, 5) is 10.7. The molecule has 1 fully saturated rings. The highest BCUT2D eigenvalue weighted by Gasteiger charge is 2.28. The molecule has 2 atom stereocenters. The molecule has 16 heavy (non-hydrogen) atoms. The lowest BCUT2D eigenvalue weighted by molar-refractivity contribution is -0.666. The third-order valence-corrected chi connectivity index (χ3v) is 3.61. The van der Waals surface area contributed by atoms with E-state index in [-0.39, 0.29) is 6.04 Å². The molecular weight excluding hydrogens is 270 g/mol. The summed E-state index contributed by atoms with van der Waals surface area (Å²) >= 11 is 3.39. The molecule has 86 valence electrons. The third-order valence-electron chi connectivity index (χ3n) is 3.08. The maximum atomic E-state index is 10.7. The number of rotatable bonds is 3. The Labute approximate surface area is 103 Å². The number of halogens is 1. The van der Waals surface area contributed by atoms with Crippen molar-refractivity contribution in [2.24, 2.45) is 5.92 Å². The van der Waals surface area contributed by atoms with E-state index in [0.717, 1.165) is 23.9 Å². The molecule has 0 bridgehead atoms. The average Bonchev–Trinajstić information content (AvgIpc) is 2.70. The van der Waals surface area contributed by atoms with Crippen LogP contribution in [0.2, 0.25) is 0 Å². The zero-order valence-corrected chi connectivity index (χ0v) is 10.4. The number of carboxylic acids is 1. The zero-order chi connectivity index (χ0) is 11.5. The molecular formula is C12H14BrNO2. The van der Waals surface area contributed by atoms with E-state index in [1.807, 2.05) is 17.4 Å². The fourth-order valence-corrected chi connectivity index (χ4v) is 2.49. The molecule has 1 aromatic rings. The maximum Gasteiger partial charge on any atom is 0.127 e. The van der Waals surface area contributed by atoms with Gasteiger partial charge in [0.05, 0.1) is 12.5 Å². The number of hydrogen-bond acceptors (Lipinski definition) is 2. The minimum absolute atomic E-state index is 0.347. The highest BCUT2D eigenvalue weighted by atomic mass is 79.9. The van der Waals surface area contributed by atoms with Crippen LogP contribution < -0.4 is 10.4 Å². The van der Waals surface area contributed by atoms with E-state index in [0.29, 0.717) is 5.92 Å². The predicted molar refractivity (Wildman–Crippen MR) is 61.5 cm³/mol. The van der Waals surface area contributed by atoms with Crippen molar-refractivity contribution in [2.75, 3.05) is 6.54 Å². The Morgan fingerprint density at radius 1 is 1.44 bits per heavy atom. The van der Waals surface area contributed by atoms with Gasteiger partial charge in [-0.1, -0.05) is 28.1 Å². The second-order valence-corrected chi connectivity index (χ2v) is 5.24. The summed E-state index contributed by atoms with van der Waals surface area (Å²) in [5.74, 6) is -0.484. The fraction of sp³-hybridized carbons (Fsp3) is 0.417. The van der Waals surface area contributed by atoms with Gasteiger partial charge in [0.2, 0.25) is 0 Å². The van der Waals surface area contributed by atoms with Gasteiger partial charge in [-0.2, -0.15) is 0 Å². The molecule has 0 radical (unpaired) electrons. The van der Waals surface area contributed by atoms with E-state index in [1.165, 1.54) is 5.56 Å². The first-order valence-corrected chi connectivity index (χ1v) is 6.23. The molecule has 0 unspecified atom stereocenters. The first-order chi connectivity index (χ1) is 7.65. The second-order valence-electron chi connectivity index (χ2n) is 4.33. The molecule has 0 aliphatic carbocycles. The number of carboxylic acid groups (broad SMARTS) is 1. The van der Waals surface area contributed by atoms with Crippen LogP contribution in [0.3, 0.4) is 0 Å². The van der Waals surface area contributed by atoms with Crippen molar-refractivity contribution in [1.29, 1.82) is 0 Å². The van der Waals surface area contributed by atoms with E-state index in [1.54, 1.807) is 0 Å². The third kappa shape index (κ3) is 2.83. The van der Waals surface area contributed by atoms with Crippen LogP contribution in [0.1, 0.15) is 12.0 Å². The van der Waals surface area contributed by atoms with Gasteiger partial charge in [0.25, 0.3) is 0 Å². The summed E-state index contributed by atoms with van der Waals surface area (Å²) < 4.78 is 1.07. The summed E-state index contributed by atoms with van der Waals surface area (Å²) in [5.41, 5.74) is 1.26. The summed E-state index contributed by atoms with van der Waals surface area (Å²) in [7, 11) is 0. The van der Waals surface area contributed by atoms with Crippen LogP contribution in [0.4, 0.5) is 0 Å². The molecule has 2 N–H and O–H groups in total. The van der Waals surface area contributed by atoms with Crippen molar-refractivity contribution in [3.8, 4) is 0 Å². The molecule has 0 saturated carbocycles. The summed E-state index contributed by atoms with van der Waals surface area (Å²) in [6, 6.07) is 7.85. The van der Waals surface area contributed by atoms with Gasteiger partial charge in [-0.3, -0.25) is 0 Å². The lowest BCUT2D eigenvalue weighted by atomic mass is 9.97. The van der Waals surface area contributed by atoms with Gasteiger partial charge in [-0.05, 0) is 24.1 Å². The van der Waals surface area contributed by atoms with Gasteiger partial charge in [0.1, 0.15) is 6.04 Å². The molecule has 1 aliphatic rings. The van der Waals surface area contributed by atoms with Crippen LogP contribution in [0, 0.1) is 5.92 Å². The van der Waals surface area contributed by atoms with E-state index < -0.39 is 5.97 Å². The molecule has 1 heterocycles. The molecule has 3 nitrogen and oxygen atoms in total. The van der Waals surface area contributed by atoms with Gasteiger partial charge in [-0.25, -0.2) is 0 Å². The minimum atomic E-state index is -0.932. The zero-order valence-electron chi connectivity index (χ0n) is 8.86. The average molecular weight is 284 g/mol. The monoisotopic (exact) mass is 283 g/mol. The molecule has 1 aromatic carbocycles. The van der Waals surface area contributed by atoms with Crippen LogP contribution in [-0.4, -0.2) is 18.6 Å². The molecule has 4 heteroatoms. The van der Waals surface area contributed by atoms with Crippen LogP contribution >= 0.6 is 15.9 Å². The Bertz CT molecular complexity index is 377. The van der Waals surface area contributed by atoms with E-state index in [9.17, 15) is 9.90 Å². The van der Waals surface area contributed by atoms with Gasteiger partial charge < -0.3 is 15.2 Å². The number of benzene rings is 1. The number of carbonyl (C=O) groups is 1. The number of carbonyl (C=O) groups excluding carboxylic acids is 1. The highest BCUT2D eigenvalue weighted by molar-refractivity contribution is 9.10. The van der Waals surface area contributed by atoms with Crippen molar-refractivity contribution < 1.29 is 15.2 Å². The smallest absolute Gasteiger partial charge is 0.127 e. The highest BCUT2D eigenvalue weighted by Crippen LogP contribution is 2.17. The van der Waals surface area contributed by atoms with E-state index >= 15 is 0 Å². The standard InChI is InChI=1S/C12H14BrNO2/c13-10-3-1-8(2-4-10)5-9-6-11(12(15)16)14-7-9/h1-4,9,11,14H,5-7H2,(H,15,16)/t9-,11-/m0/s1. The maximum absolute atomic E-state index is 10.7. The quantitative estimate of drug-likeness (QED) is 0.828. The summed E-state index contributed by atoms with van der Waals surface area (Å²) in [5, 5.41) is 12.6. The van der Waals surface area contributed by atoms with Crippen molar-refractivity contribution in [2.45, 2.75) is 18.9 Å². The van der Waals surface area contributed by atoms with Crippen molar-refractivity contribution in [1.82, 2.24) is 0 Å². The summed E-state index contributed by atoms with van der Waals surface area (Å²) in [6.07, 6.45) is 1.67. The van der Waals surface area contributed by atoms with Crippen molar-refractivity contribution >= 4 is 21.9 Å². The Morgan fingerprint density at radius 2 is 2.12 bits per heavy atom. The van der Waals surface area contributed by atoms with Crippen LogP contribution in [0.5, 0.6) is 0 Å². The normalized spacial score (nSPS) is 24.6. The lowest BCUT2D eigenvalue weighted by Crippen LogP contribution is -2.90. The summed E-state index contributed by atoms with van der Waals surface area (Å²) in [6.45, 7) is 0.884. The predicted octanol–water partition coefficient (Wildman–Crippen LogP) is -0.307. The Balaban J connectivity index is 1.92. The topological polar surface area (TPSA) is 56.7 Å². The first kappa shape index (κ1) is 11.6. The van der Waals surface area contributed by atoms with E-state index in [2.05, 4.69) is 28.1 Å². The molecule has 0 spiro atoms. The molecule has 1 saturated heterocycles. The number of hydrogen-bond donors (Lipinski definition) is 1. The van der Waals surface area contributed by atoms with Crippen molar-refractivity contribution in [3.63, 3.8) is 0 Å². The van der Waals surface area contributed by atoms with E-state index in [4.69, 9.17) is 0 Å². The molecule has 2 rings (SSSR count). The molecule has 0 amide bonds. The fourth-order valence-electron chi connectivity index (χ4n) is 2.22. The Hall–Kier alpha value is -0.870. The lowest BCUT2D eigenvalue weighted by Gasteiger charge is -2.08.